The van der Waals surface area contributed by atoms with E-state index in [0.29, 0.717) is 12.5 Å². The van der Waals surface area contributed by atoms with Gasteiger partial charge in [-0.3, -0.25) is 9.69 Å². The van der Waals surface area contributed by atoms with E-state index in [0.717, 1.165) is 39.2 Å². The molecule has 1 rings (SSSR count). The van der Waals surface area contributed by atoms with Crippen LogP contribution in [0.4, 0.5) is 0 Å². The summed E-state index contributed by atoms with van der Waals surface area (Å²) >= 11 is 0. The molecule has 5 heteroatoms. The molecule has 0 bridgehead atoms. The van der Waals surface area contributed by atoms with Gasteiger partial charge in [-0.1, -0.05) is 13.8 Å². The highest BCUT2D eigenvalue weighted by molar-refractivity contribution is 5.81. The van der Waals surface area contributed by atoms with Crippen molar-refractivity contribution < 1.29 is 9.53 Å². The van der Waals surface area contributed by atoms with Gasteiger partial charge in [0.05, 0.1) is 6.61 Å². The number of hydrogen-bond donors (Lipinski definition) is 1. The van der Waals surface area contributed by atoms with Gasteiger partial charge in [-0.25, -0.2) is 0 Å². The van der Waals surface area contributed by atoms with Crippen molar-refractivity contribution in [2.24, 2.45) is 5.92 Å². The van der Waals surface area contributed by atoms with E-state index in [9.17, 15) is 4.79 Å². The average molecular weight is 271 g/mol. The van der Waals surface area contributed by atoms with Crippen molar-refractivity contribution in [1.82, 2.24) is 15.1 Å². The fourth-order valence-electron chi connectivity index (χ4n) is 2.16. The van der Waals surface area contributed by atoms with Crippen LogP contribution in [-0.2, 0) is 9.53 Å². The van der Waals surface area contributed by atoms with E-state index in [1.54, 1.807) is 4.90 Å². The number of carbonyl (C=O) groups excluding carboxylic acids is 1. The second-order valence-corrected chi connectivity index (χ2v) is 5.78. The molecule has 112 valence electrons. The lowest BCUT2D eigenvalue weighted by Gasteiger charge is -2.36. The van der Waals surface area contributed by atoms with Crippen LogP contribution < -0.4 is 5.32 Å². The number of rotatable bonds is 7. The molecule has 1 unspecified atom stereocenters. The highest BCUT2D eigenvalue weighted by atomic mass is 16.5. The normalized spacial score (nSPS) is 20.8. The second kappa shape index (κ2) is 8.51. The summed E-state index contributed by atoms with van der Waals surface area (Å²) in [5.41, 5.74) is 0. The standard InChI is InChI=1S/C14H29N3O2/c1-12(2)5-9-19-10-8-17-7-6-15-11-13(17)14(18)16(3)4/h12-13,15H,5-11H2,1-4H3. The lowest BCUT2D eigenvalue weighted by Crippen LogP contribution is -2.58. The molecule has 1 aliphatic heterocycles. The smallest absolute Gasteiger partial charge is 0.240 e. The van der Waals surface area contributed by atoms with E-state index in [2.05, 4.69) is 24.1 Å². The van der Waals surface area contributed by atoms with Crippen molar-refractivity contribution in [2.75, 3.05) is 53.5 Å². The molecular weight excluding hydrogens is 242 g/mol. The third-order valence-corrected chi connectivity index (χ3v) is 3.44. The first-order chi connectivity index (χ1) is 9.02. The maximum absolute atomic E-state index is 12.1. The summed E-state index contributed by atoms with van der Waals surface area (Å²) < 4.78 is 5.65. The zero-order valence-corrected chi connectivity index (χ0v) is 12.8. The van der Waals surface area contributed by atoms with Crippen LogP contribution in [0.25, 0.3) is 0 Å². The number of ether oxygens (including phenoxy) is 1. The van der Waals surface area contributed by atoms with E-state index < -0.39 is 0 Å². The average Bonchev–Trinajstić information content (AvgIpc) is 2.37. The van der Waals surface area contributed by atoms with Crippen molar-refractivity contribution in [3.05, 3.63) is 0 Å². The first-order valence-electron chi connectivity index (χ1n) is 7.26. The van der Waals surface area contributed by atoms with E-state index >= 15 is 0 Å². The molecule has 1 aliphatic rings. The van der Waals surface area contributed by atoms with E-state index in [1.807, 2.05) is 14.1 Å². The molecule has 1 saturated heterocycles. The SMILES string of the molecule is CC(C)CCOCCN1CCNCC1C(=O)N(C)C. The first-order valence-corrected chi connectivity index (χ1v) is 7.26. The lowest BCUT2D eigenvalue weighted by atomic mass is 10.1. The molecule has 0 aromatic rings. The Kier molecular flexibility index (Phi) is 7.34. The zero-order valence-electron chi connectivity index (χ0n) is 12.8. The van der Waals surface area contributed by atoms with Crippen molar-refractivity contribution in [3.63, 3.8) is 0 Å². The minimum absolute atomic E-state index is 0.0440. The van der Waals surface area contributed by atoms with Crippen LogP contribution in [-0.4, -0.2) is 75.2 Å². The number of nitrogens with zero attached hydrogens (tertiary/aromatic N) is 2. The lowest BCUT2D eigenvalue weighted by molar-refractivity contribution is -0.135. The molecule has 1 N–H and O–H groups in total. The summed E-state index contributed by atoms with van der Waals surface area (Å²) in [5, 5.41) is 3.29. The van der Waals surface area contributed by atoms with Crippen LogP contribution in [0.15, 0.2) is 0 Å². The van der Waals surface area contributed by atoms with Crippen LogP contribution in [0.3, 0.4) is 0 Å². The van der Waals surface area contributed by atoms with Crippen molar-refractivity contribution in [3.8, 4) is 0 Å². The minimum Gasteiger partial charge on any atom is -0.380 e. The Balaban J connectivity index is 2.30. The molecule has 0 aromatic heterocycles. The molecule has 1 atom stereocenters. The Hall–Kier alpha value is -0.650. The third-order valence-electron chi connectivity index (χ3n) is 3.44. The van der Waals surface area contributed by atoms with Gasteiger partial charge in [0.1, 0.15) is 6.04 Å². The predicted molar refractivity (Wildman–Crippen MR) is 77.2 cm³/mol. The van der Waals surface area contributed by atoms with Gasteiger partial charge >= 0.3 is 0 Å². The predicted octanol–water partition coefficient (Wildman–Crippen LogP) is 0.411. The zero-order chi connectivity index (χ0) is 14.3. The molecule has 0 aromatic carbocycles. The van der Waals surface area contributed by atoms with Gasteiger partial charge in [0.25, 0.3) is 0 Å². The van der Waals surface area contributed by atoms with Gasteiger partial charge in [0.15, 0.2) is 0 Å². The summed E-state index contributed by atoms with van der Waals surface area (Å²) in [6.07, 6.45) is 1.10. The largest absolute Gasteiger partial charge is 0.380 e. The Morgan fingerprint density at radius 1 is 1.42 bits per heavy atom. The fourth-order valence-corrected chi connectivity index (χ4v) is 2.16. The van der Waals surface area contributed by atoms with Gasteiger partial charge in [-0.15, -0.1) is 0 Å². The Bertz CT molecular complexity index is 269. The molecule has 0 radical (unpaired) electrons. The Labute approximate surface area is 117 Å². The van der Waals surface area contributed by atoms with Crippen molar-refractivity contribution in [2.45, 2.75) is 26.3 Å². The van der Waals surface area contributed by atoms with Gasteiger partial charge in [0, 0.05) is 46.9 Å². The highest BCUT2D eigenvalue weighted by Gasteiger charge is 2.29. The van der Waals surface area contributed by atoms with Gasteiger partial charge in [-0.2, -0.15) is 0 Å². The minimum atomic E-state index is -0.0440. The molecule has 0 spiro atoms. The summed E-state index contributed by atoms with van der Waals surface area (Å²) in [5.74, 6) is 0.858. The molecule has 1 heterocycles. The molecule has 19 heavy (non-hydrogen) atoms. The fraction of sp³-hybridized carbons (Fsp3) is 0.929. The Morgan fingerprint density at radius 2 is 2.16 bits per heavy atom. The second-order valence-electron chi connectivity index (χ2n) is 5.78. The highest BCUT2D eigenvalue weighted by Crippen LogP contribution is 2.06. The number of amides is 1. The Morgan fingerprint density at radius 3 is 2.79 bits per heavy atom. The number of nitrogens with one attached hydrogen (secondary N) is 1. The van der Waals surface area contributed by atoms with E-state index in [4.69, 9.17) is 4.74 Å². The van der Waals surface area contributed by atoms with Gasteiger partial charge < -0.3 is 15.0 Å². The molecule has 1 fully saturated rings. The van der Waals surface area contributed by atoms with Gasteiger partial charge in [-0.05, 0) is 12.3 Å². The van der Waals surface area contributed by atoms with Gasteiger partial charge in [0.2, 0.25) is 5.91 Å². The maximum Gasteiger partial charge on any atom is 0.240 e. The number of piperazine rings is 1. The van der Waals surface area contributed by atoms with Crippen molar-refractivity contribution >= 4 is 5.91 Å². The first kappa shape index (κ1) is 16.4. The topological polar surface area (TPSA) is 44.8 Å². The molecule has 0 saturated carbocycles. The van der Waals surface area contributed by atoms with E-state index in [-0.39, 0.29) is 11.9 Å². The number of carbonyl (C=O) groups is 1. The number of hydrogen-bond acceptors (Lipinski definition) is 4. The van der Waals surface area contributed by atoms with Crippen LogP contribution in [0, 0.1) is 5.92 Å². The summed E-state index contributed by atoms with van der Waals surface area (Å²) in [7, 11) is 3.63. The molecule has 5 nitrogen and oxygen atoms in total. The van der Waals surface area contributed by atoms with E-state index in [1.165, 1.54) is 0 Å². The molecule has 1 amide bonds. The summed E-state index contributed by atoms with van der Waals surface area (Å²) in [6, 6.07) is -0.0440. The summed E-state index contributed by atoms with van der Waals surface area (Å²) in [6.45, 7) is 9.37. The third kappa shape index (κ3) is 5.89. The van der Waals surface area contributed by atoms with Crippen LogP contribution in [0.2, 0.25) is 0 Å². The van der Waals surface area contributed by atoms with Crippen molar-refractivity contribution in [1.29, 1.82) is 0 Å². The maximum atomic E-state index is 12.1. The number of likely N-dealkylation sites (N-methyl/N-ethyl adjacent to an activating group) is 1. The van der Waals surface area contributed by atoms with Crippen LogP contribution in [0.1, 0.15) is 20.3 Å². The molecule has 0 aliphatic carbocycles. The molecular formula is C14H29N3O2. The quantitative estimate of drug-likeness (QED) is 0.681. The monoisotopic (exact) mass is 271 g/mol. The van der Waals surface area contributed by atoms with Crippen LogP contribution in [0.5, 0.6) is 0 Å². The van der Waals surface area contributed by atoms with Crippen LogP contribution >= 0.6 is 0 Å². The summed E-state index contributed by atoms with van der Waals surface area (Å²) in [4.78, 5) is 16.0.